The summed E-state index contributed by atoms with van der Waals surface area (Å²) in [4.78, 5) is 36.7. The normalized spacial score (nSPS) is 11.4. The van der Waals surface area contributed by atoms with Crippen LogP contribution < -0.4 is 10.1 Å². The lowest BCUT2D eigenvalue weighted by Crippen LogP contribution is -2.43. The van der Waals surface area contributed by atoms with Gasteiger partial charge in [-0.25, -0.2) is 0 Å². The fraction of sp³-hybridized carbons (Fsp3) is 0.526. The molecule has 0 aliphatic rings. The molecule has 0 aliphatic heterocycles. The SMILES string of the molecule is CCc1cccc(OCC(=O)N(CCNC(C)=O)CC(C)C(=O)OC)c1. The summed E-state index contributed by atoms with van der Waals surface area (Å²) < 4.78 is 10.3. The van der Waals surface area contributed by atoms with Crippen molar-refractivity contribution in [3.63, 3.8) is 0 Å². The predicted octanol–water partition coefficient (Wildman–Crippen LogP) is 1.40. The van der Waals surface area contributed by atoms with Gasteiger partial charge in [-0.05, 0) is 24.1 Å². The van der Waals surface area contributed by atoms with E-state index < -0.39 is 5.92 Å². The van der Waals surface area contributed by atoms with Crippen molar-refractivity contribution < 1.29 is 23.9 Å². The Bertz CT molecular complexity index is 618. The minimum absolute atomic E-state index is 0.138. The lowest BCUT2D eigenvalue weighted by Gasteiger charge is -2.25. The Morgan fingerprint density at radius 2 is 2.00 bits per heavy atom. The highest BCUT2D eigenvalue weighted by molar-refractivity contribution is 5.79. The molecule has 1 unspecified atom stereocenters. The molecule has 0 bridgehead atoms. The third-order valence-corrected chi connectivity index (χ3v) is 3.88. The number of esters is 1. The zero-order valence-electron chi connectivity index (χ0n) is 15.9. The van der Waals surface area contributed by atoms with Crippen LogP contribution in [0.4, 0.5) is 0 Å². The molecule has 0 saturated heterocycles. The number of rotatable bonds is 10. The number of nitrogens with one attached hydrogen (secondary N) is 1. The highest BCUT2D eigenvalue weighted by Crippen LogP contribution is 2.14. The maximum Gasteiger partial charge on any atom is 0.310 e. The van der Waals surface area contributed by atoms with E-state index in [0.29, 0.717) is 12.3 Å². The van der Waals surface area contributed by atoms with Crippen LogP contribution in [0.1, 0.15) is 26.3 Å². The first-order valence-electron chi connectivity index (χ1n) is 8.69. The molecule has 7 heteroatoms. The number of nitrogens with zero attached hydrogens (tertiary/aromatic N) is 1. The van der Waals surface area contributed by atoms with Crippen LogP contribution in [0.2, 0.25) is 0 Å². The van der Waals surface area contributed by atoms with E-state index >= 15 is 0 Å². The zero-order valence-corrected chi connectivity index (χ0v) is 15.9. The average Bonchev–Trinajstić information content (AvgIpc) is 2.64. The number of hydrogen-bond acceptors (Lipinski definition) is 5. The summed E-state index contributed by atoms with van der Waals surface area (Å²) in [6, 6.07) is 7.57. The molecule has 1 aromatic rings. The van der Waals surface area contributed by atoms with Crippen LogP contribution in [-0.4, -0.2) is 56.0 Å². The second-order valence-electron chi connectivity index (χ2n) is 6.04. The highest BCUT2D eigenvalue weighted by atomic mass is 16.5. The molecule has 1 aromatic carbocycles. The van der Waals surface area contributed by atoms with Gasteiger partial charge in [0.25, 0.3) is 5.91 Å². The van der Waals surface area contributed by atoms with Gasteiger partial charge < -0.3 is 19.7 Å². The molecule has 26 heavy (non-hydrogen) atoms. The molecule has 0 radical (unpaired) electrons. The van der Waals surface area contributed by atoms with E-state index in [0.717, 1.165) is 12.0 Å². The molecule has 0 aromatic heterocycles. The van der Waals surface area contributed by atoms with E-state index in [-0.39, 0.29) is 37.5 Å². The molecule has 0 aliphatic carbocycles. The van der Waals surface area contributed by atoms with Crippen molar-refractivity contribution in [1.29, 1.82) is 0 Å². The minimum atomic E-state index is -0.468. The number of methoxy groups -OCH3 is 1. The molecule has 7 nitrogen and oxygen atoms in total. The van der Waals surface area contributed by atoms with Crippen LogP contribution in [-0.2, 0) is 25.5 Å². The highest BCUT2D eigenvalue weighted by Gasteiger charge is 2.21. The molecule has 0 heterocycles. The molecule has 0 saturated carbocycles. The Labute approximate surface area is 154 Å². The standard InChI is InChI=1S/C19H28N2O5/c1-5-16-7-6-8-17(11-16)26-13-18(23)21(10-9-20-15(3)22)12-14(2)19(24)25-4/h6-8,11,14H,5,9-10,12-13H2,1-4H3,(H,20,22). The van der Waals surface area contributed by atoms with E-state index in [1.807, 2.05) is 25.1 Å². The zero-order chi connectivity index (χ0) is 19.5. The van der Waals surface area contributed by atoms with E-state index in [1.54, 1.807) is 13.0 Å². The van der Waals surface area contributed by atoms with Crippen LogP contribution in [0.5, 0.6) is 5.75 Å². The Hall–Kier alpha value is -2.57. The van der Waals surface area contributed by atoms with Gasteiger partial charge >= 0.3 is 5.97 Å². The van der Waals surface area contributed by atoms with Crippen LogP contribution in [0.25, 0.3) is 0 Å². The third-order valence-electron chi connectivity index (χ3n) is 3.88. The van der Waals surface area contributed by atoms with Crippen LogP contribution >= 0.6 is 0 Å². The lowest BCUT2D eigenvalue weighted by atomic mass is 10.1. The molecule has 1 atom stereocenters. The summed E-state index contributed by atoms with van der Waals surface area (Å²) in [5.41, 5.74) is 1.12. The van der Waals surface area contributed by atoms with Crippen LogP contribution in [0, 0.1) is 5.92 Å². The Kier molecular flexibility index (Phi) is 9.19. The number of aryl methyl sites for hydroxylation is 1. The van der Waals surface area contributed by atoms with E-state index in [9.17, 15) is 14.4 Å². The Morgan fingerprint density at radius 3 is 2.62 bits per heavy atom. The predicted molar refractivity (Wildman–Crippen MR) is 97.8 cm³/mol. The maximum absolute atomic E-state index is 12.5. The number of benzene rings is 1. The largest absolute Gasteiger partial charge is 0.484 e. The van der Waals surface area contributed by atoms with Gasteiger partial charge in [0.15, 0.2) is 6.61 Å². The first-order valence-corrected chi connectivity index (χ1v) is 8.69. The van der Waals surface area contributed by atoms with E-state index in [4.69, 9.17) is 9.47 Å². The molecule has 2 amide bonds. The van der Waals surface area contributed by atoms with Crippen LogP contribution in [0.15, 0.2) is 24.3 Å². The van der Waals surface area contributed by atoms with Crippen molar-refractivity contribution in [2.45, 2.75) is 27.2 Å². The summed E-state index contributed by atoms with van der Waals surface area (Å²) in [6.45, 7) is 5.80. The van der Waals surface area contributed by atoms with Crippen molar-refractivity contribution >= 4 is 17.8 Å². The van der Waals surface area contributed by atoms with Gasteiger partial charge in [-0.2, -0.15) is 0 Å². The number of ether oxygens (including phenoxy) is 2. The van der Waals surface area contributed by atoms with Gasteiger partial charge in [0, 0.05) is 26.6 Å². The minimum Gasteiger partial charge on any atom is -0.484 e. The number of hydrogen-bond donors (Lipinski definition) is 1. The summed E-state index contributed by atoms with van der Waals surface area (Å²) in [5, 5.41) is 2.65. The Morgan fingerprint density at radius 1 is 1.27 bits per heavy atom. The molecular formula is C19H28N2O5. The van der Waals surface area contributed by atoms with Crippen molar-refractivity contribution in [3.05, 3.63) is 29.8 Å². The monoisotopic (exact) mass is 364 g/mol. The third kappa shape index (κ3) is 7.55. The van der Waals surface area contributed by atoms with Gasteiger partial charge in [-0.3, -0.25) is 14.4 Å². The first kappa shape index (κ1) is 21.5. The first-order chi connectivity index (χ1) is 12.4. The van der Waals surface area contributed by atoms with E-state index in [1.165, 1.54) is 18.9 Å². The fourth-order valence-corrected chi connectivity index (χ4v) is 2.38. The molecule has 0 fully saturated rings. The van der Waals surface area contributed by atoms with Crippen molar-refractivity contribution in [3.8, 4) is 5.75 Å². The summed E-state index contributed by atoms with van der Waals surface area (Å²) in [6.07, 6.45) is 0.880. The molecule has 1 rings (SSSR count). The van der Waals surface area contributed by atoms with Crippen LogP contribution in [0.3, 0.4) is 0 Å². The summed E-state index contributed by atoms with van der Waals surface area (Å²) >= 11 is 0. The van der Waals surface area contributed by atoms with Gasteiger partial charge in [-0.1, -0.05) is 26.0 Å². The average molecular weight is 364 g/mol. The second-order valence-corrected chi connectivity index (χ2v) is 6.04. The van der Waals surface area contributed by atoms with Gasteiger partial charge in [0.05, 0.1) is 13.0 Å². The summed E-state index contributed by atoms with van der Waals surface area (Å²) in [5.74, 6) is -0.664. The molecule has 144 valence electrons. The molecular weight excluding hydrogens is 336 g/mol. The maximum atomic E-state index is 12.5. The van der Waals surface area contributed by atoms with Gasteiger partial charge in [0.1, 0.15) is 5.75 Å². The van der Waals surface area contributed by atoms with Crippen molar-refractivity contribution in [2.75, 3.05) is 33.4 Å². The number of amides is 2. The molecule has 0 spiro atoms. The van der Waals surface area contributed by atoms with E-state index in [2.05, 4.69) is 5.32 Å². The van der Waals surface area contributed by atoms with Crippen molar-refractivity contribution in [1.82, 2.24) is 10.2 Å². The number of carbonyl (C=O) groups excluding carboxylic acids is 3. The van der Waals surface area contributed by atoms with Crippen molar-refractivity contribution in [2.24, 2.45) is 5.92 Å². The fourth-order valence-electron chi connectivity index (χ4n) is 2.38. The lowest BCUT2D eigenvalue weighted by molar-refractivity contribution is -0.146. The van der Waals surface area contributed by atoms with Gasteiger partial charge in [0.2, 0.25) is 5.91 Å². The molecule has 1 N–H and O–H groups in total. The topological polar surface area (TPSA) is 84.9 Å². The Balaban J connectivity index is 2.68. The second kappa shape index (κ2) is 11.1. The smallest absolute Gasteiger partial charge is 0.310 e. The number of carbonyl (C=O) groups is 3. The van der Waals surface area contributed by atoms with Gasteiger partial charge in [-0.15, -0.1) is 0 Å². The quantitative estimate of drug-likeness (QED) is 0.635. The summed E-state index contributed by atoms with van der Waals surface area (Å²) in [7, 11) is 1.31.